The lowest BCUT2D eigenvalue weighted by Gasteiger charge is -2.08. The number of aromatic nitrogens is 3. The molecule has 0 atom stereocenters. The van der Waals surface area contributed by atoms with Crippen LogP contribution in [0.1, 0.15) is 24.3 Å². The van der Waals surface area contributed by atoms with Crippen LogP contribution in [0, 0.1) is 0 Å². The van der Waals surface area contributed by atoms with E-state index in [0.717, 1.165) is 4.68 Å². The maximum atomic E-state index is 11.5. The van der Waals surface area contributed by atoms with E-state index < -0.39 is 17.9 Å². The first-order chi connectivity index (χ1) is 8.92. The number of urea groups is 1. The number of esters is 1. The Balaban J connectivity index is 2.51. The van der Waals surface area contributed by atoms with Crippen molar-refractivity contribution in [3.8, 4) is 0 Å². The molecule has 2 N–H and O–H groups in total. The number of rotatable bonds is 4. The highest BCUT2D eigenvalue weighted by Gasteiger charge is 2.13. The molecule has 1 rings (SSSR count). The molecule has 0 unspecified atom stereocenters. The Morgan fingerprint density at radius 1 is 1.42 bits per heavy atom. The molecule has 0 saturated heterocycles. The minimum absolute atomic E-state index is 0.0121. The van der Waals surface area contributed by atoms with Crippen LogP contribution in [0.4, 0.5) is 4.79 Å². The van der Waals surface area contributed by atoms with Crippen molar-refractivity contribution >= 4 is 17.9 Å². The SMILES string of the molecule is COC(=O)c1cn(CC(=O)NC(=O)NC(C)C)nn1. The highest BCUT2D eigenvalue weighted by atomic mass is 16.5. The molecule has 0 aromatic carbocycles. The average Bonchev–Trinajstić information content (AvgIpc) is 2.74. The summed E-state index contributed by atoms with van der Waals surface area (Å²) >= 11 is 0. The number of carbonyl (C=O) groups excluding carboxylic acids is 3. The molecular weight excluding hydrogens is 254 g/mol. The molecule has 3 amide bonds. The third-order valence-corrected chi connectivity index (χ3v) is 1.91. The van der Waals surface area contributed by atoms with E-state index in [0.29, 0.717) is 0 Å². The second-order valence-corrected chi connectivity index (χ2v) is 3.97. The summed E-state index contributed by atoms with van der Waals surface area (Å²) in [6.07, 6.45) is 1.26. The lowest BCUT2D eigenvalue weighted by Crippen LogP contribution is -2.43. The summed E-state index contributed by atoms with van der Waals surface area (Å²) in [6.45, 7) is 3.31. The Hall–Kier alpha value is -2.45. The summed E-state index contributed by atoms with van der Waals surface area (Å²) in [7, 11) is 1.21. The zero-order valence-electron chi connectivity index (χ0n) is 10.8. The molecule has 104 valence electrons. The molecule has 0 bridgehead atoms. The zero-order valence-corrected chi connectivity index (χ0v) is 10.8. The van der Waals surface area contributed by atoms with Crippen LogP contribution < -0.4 is 10.6 Å². The maximum Gasteiger partial charge on any atom is 0.360 e. The molecule has 1 heterocycles. The van der Waals surface area contributed by atoms with E-state index in [-0.39, 0.29) is 18.3 Å². The fraction of sp³-hybridized carbons (Fsp3) is 0.500. The normalized spacial score (nSPS) is 10.1. The Kier molecular flexibility index (Phi) is 4.98. The molecule has 1 aromatic rings. The molecule has 9 heteroatoms. The van der Waals surface area contributed by atoms with Crippen LogP contribution in [0.5, 0.6) is 0 Å². The fourth-order valence-electron chi connectivity index (χ4n) is 1.19. The van der Waals surface area contributed by atoms with Crippen LogP contribution in [0.25, 0.3) is 0 Å². The van der Waals surface area contributed by atoms with Crippen LogP contribution >= 0.6 is 0 Å². The van der Waals surface area contributed by atoms with Gasteiger partial charge in [-0.15, -0.1) is 5.10 Å². The van der Waals surface area contributed by atoms with Crippen molar-refractivity contribution in [3.05, 3.63) is 11.9 Å². The van der Waals surface area contributed by atoms with Crippen molar-refractivity contribution in [3.63, 3.8) is 0 Å². The predicted octanol–water partition coefficient (Wildman–Crippen LogP) is -0.701. The van der Waals surface area contributed by atoms with E-state index in [4.69, 9.17) is 0 Å². The highest BCUT2D eigenvalue weighted by molar-refractivity contribution is 5.94. The standard InChI is InChI=1S/C10H15N5O4/c1-6(2)11-10(18)12-8(16)5-15-4-7(13-14-15)9(17)19-3/h4,6H,5H2,1-3H3,(H2,11,12,16,18). The lowest BCUT2D eigenvalue weighted by molar-refractivity contribution is -0.120. The monoisotopic (exact) mass is 269 g/mol. The smallest absolute Gasteiger partial charge is 0.360 e. The molecule has 9 nitrogen and oxygen atoms in total. The van der Waals surface area contributed by atoms with E-state index in [1.807, 2.05) is 0 Å². The van der Waals surface area contributed by atoms with Crippen molar-refractivity contribution in [1.82, 2.24) is 25.6 Å². The summed E-state index contributed by atoms with van der Waals surface area (Å²) < 4.78 is 5.57. The number of hydrogen-bond donors (Lipinski definition) is 2. The summed E-state index contributed by atoms with van der Waals surface area (Å²) in [5.41, 5.74) is -0.0121. The van der Waals surface area contributed by atoms with Crippen LogP contribution in [-0.2, 0) is 16.1 Å². The van der Waals surface area contributed by atoms with Gasteiger partial charge in [-0.1, -0.05) is 5.21 Å². The minimum Gasteiger partial charge on any atom is -0.464 e. The Bertz CT molecular complexity index is 482. The maximum absolute atomic E-state index is 11.5. The van der Waals surface area contributed by atoms with E-state index in [2.05, 4.69) is 25.7 Å². The number of hydrogen-bond acceptors (Lipinski definition) is 6. The summed E-state index contributed by atoms with van der Waals surface area (Å²) in [5.74, 6) is -1.22. The largest absolute Gasteiger partial charge is 0.464 e. The fourth-order valence-corrected chi connectivity index (χ4v) is 1.19. The third-order valence-electron chi connectivity index (χ3n) is 1.91. The van der Waals surface area contributed by atoms with Gasteiger partial charge in [0.2, 0.25) is 5.91 Å². The van der Waals surface area contributed by atoms with Gasteiger partial charge < -0.3 is 10.1 Å². The second-order valence-electron chi connectivity index (χ2n) is 3.97. The number of amides is 3. The molecule has 0 spiro atoms. The third kappa shape index (κ3) is 4.74. The van der Waals surface area contributed by atoms with Gasteiger partial charge in [0.15, 0.2) is 5.69 Å². The van der Waals surface area contributed by atoms with Gasteiger partial charge in [0.25, 0.3) is 0 Å². The van der Waals surface area contributed by atoms with E-state index >= 15 is 0 Å². The topological polar surface area (TPSA) is 115 Å². The first-order valence-corrected chi connectivity index (χ1v) is 5.51. The van der Waals surface area contributed by atoms with E-state index in [1.54, 1.807) is 13.8 Å². The quantitative estimate of drug-likeness (QED) is 0.698. The lowest BCUT2D eigenvalue weighted by atomic mass is 10.4. The molecular formula is C10H15N5O4. The van der Waals surface area contributed by atoms with Gasteiger partial charge in [0.05, 0.1) is 13.3 Å². The Labute approximate surface area is 109 Å². The van der Waals surface area contributed by atoms with Gasteiger partial charge in [0, 0.05) is 6.04 Å². The summed E-state index contributed by atoms with van der Waals surface area (Å²) in [6, 6.07) is -0.668. The number of nitrogens with one attached hydrogen (secondary N) is 2. The molecule has 1 aromatic heterocycles. The van der Waals surface area contributed by atoms with Gasteiger partial charge in [-0.25, -0.2) is 14.3 Å². The van der Waals surface area contributed by atoms with Crippen molar-refractivity contribution in [2.24, 2.45) is 0 Å². The predicted molar refractivity (Wildman–Crippen MR) is 63.2 cm³/mol. The first-order valence-electron chi connectivity index (χ1n) is 5.51. The molecule has 0 aliphatic rings. The van der Waals surface area contributed by atoms with Crippen molar-refractivity contribution in [2.75, 3.05) is 7.11 Å². The number of imide groups is 1. The zero-order chi connectivity index (χ0) is 14.4. The number of carbonyl (C=O) groups is 3. The second kappa shape index (κ2) is 6.47. The van der Waals surface area contributed by atoms with Crippen LogP contribution in [0.15, 0.2) is 6.20 Å². The summed E-state index contributed by atoms with van der Waals surface area (Å²) in [5, 5.41) is 11.7. The van der Waals surface area contributed by atoms with Crippen molar-refractivity contribution < 1.29 is 19.1 Å². The number of methoxy groups -OCH3 is 1. The van der Waals surface area contributed by atoms with Crippen molar-refractivity contribution in [1.29, 1.82) is 0 Å². The molecule has 0 fully saturated rings. The minimum atomic E-state index is -0.649. The summed E-state index contributed by atoms with van der Waals surface area (Å²) in [4.78, 5) is 33.8. The van der Waals surface area contributed by atoms with Gasteiger partial charge >= 0.3 is 12.0 Å². The first kappa shape index (κ1) is 14.6. The Morgan fingerprint density at radius 3 is 2.68 bits per heavy atom. The van der Waals surface area contributed by atoms with Crippen molar-refractivity contribution in [2.45, 2.75) is 26.4 Å². The van der Waals surface area contributed by atoms with E-state index in [1.165, 1.54) is 13.3 Å². The molecule has 0 aliphatic heterocycles. The van der Waals surface area contributed by atoms with Crippen LogP contribution in [0.2, 0.25) is 0 Å². The van der Waals surface area contributed by atoms with Gasteiger partial charge in [0.1, 0.15) is 6.54 Å². The molecule has 19 heavy (non-hydrogen) atoms. The number of nitrogens with zero attached hydrogens (tertiary/aromatic N) is 3. The molecule has 0 aliphatic carbocycles. The van der Waals surface area contributed by atoms with Gasteiger partial charge in [-0.2, -0.15) is 0 Å². The van der Waals surface area contributed by atoms with Crippen LogP contribution in [-0.4, -0.2) is 46.1 Å². The van der Waals surface area contributed by atoms with Crippen LogP contribution in [0.3, 0.4) is 0 Å². The Morgan fingerprint density at radius 2 is 2.11 bits per heavy atom. The van der Waals surface area contributed by atoms with Gasteiger partial charge in [-0.05, 0) is 13.8 Å². The number of ether oxygens (including phenoxy) is 1. The van der Waals surface area contributed by atoms with Gasteiger partial charge in [-0.3, -0.25) is 10.1 Å². The molecule has 0 radical (unpaired) electrons. The average molecular weight is 269 g/mol. The highest BCUT2D eigenvalue weighted by Crippen LogP contribution is 1.95. The molecule has 0 saturated carbocycles. The van der Waals surface area contributed by atoms with E-state index in [9.17, 15) is 14.4 Å².